The van der Waals surface area contributed by atoms with Gasteiger partial charge in [-0.25, -0.2) is 0 Å². The van der Waals surface area contributed by atoms with E-state index in [1.165, 1.54) is 6.26 Å². The smallest absolute Gasteiger partial charge is 0.251 e. The number of rotatable bonds is 4. The van der Waals surface area contributed by atoms with Crippen LogP contribution in [0, 0.1) is 0 Å². The molecule has 0 aliphatic rings. The lowest BCUT2D eigenvalue weighted by Crippen LogP contribution is -2.22. The molecule has 0 bridgehead atoms. The molecule has 88 valence electrons. The molecular weight excluding hydrogens is 240 g/mol. The molecule has 0 atom stereocenters. The highest BCUT2D eigenvalue weighted by Gasteiger charge is 2.06. The molecule has 0 saturated carbocycles. The summed E-state index contributed by atoms with van der Waals surface area (Å²) in [4.78, 5) is 11.8. The van der Waals surface area contributed by atoms with Gasteiger partial charge in [0.05, 0.1) is 6.54 Å². The minimum absolute atomic E-state index is 0.153. The van der Waals surface area contributed by atoms with Gasteiger partial charge in [0.1, 0.15) is 12.0 Å². The maximum absolute atomic E-state index is 11.8. The standard InChI is InChI=1S/C12H11ClN2O2/c13-7-9-2-1-3-10(6-9)12(16)14-8-11-4-5-17-15-11/h1-6H,7-8H2,(H,14,16). The highest BCUT2D eigenvalue weighted by atomic mass is 35.5. The van der Waals surface area contributed by atoms with Crippen LogP contribution in [-0.4, -0.2) is 11.1 Å². The zero-order chi connectivity index (χ0) is 12.1. The topological polar surface area (TPSA) is 55.1 Å². The summed E-state index contributed by atoms with van der Waals surface area (Å²) in [7, 11) is 0. The molecule has 0 unspecified atom stereocenters. The number of hydrogen-bond donors (Lipinski definition) is 1. The Balaban J connectivity index is 1.99. The van der Waals surface area contributed by atoms with Crippen molar-refractivity contribution in [1.82, 2.24) is 10.5 Å². The Morgan fingerprint density at radius 1 is 1.41 bits per heavy atom. The van der Waals surface area contributed by atoms with Crippen LogP contribution >= 0.6 is 11.6 Å². The van der Waals surface area contributed by atoms with Crippen molar-refractivity contribution in [2.75, 3.05) is 0 Å². The lowest BCUT2D eigenvalue weighted by molar-refractivity contribution is 0.0950. The molecule has 0 aliphatic carbocycles. The molecule has 5 heteroatoms. The Morgan fingerprint density at radius 2 is 2.29 bits per heavy atom. The predicted octanol–water partition coefficient (Wildman–Crippen LogP) is 2.34. The van der Waals surface area contributed by atoms with E-state index in [4.69, 9.17) is 11.6 Å². The van der Waals surface area contributed by atoms with Crippen LogP contribution in [0.1, 0.15) is 21.6 Å². The first-order chi connectivity index (χ1) is 8.29. The Labute approximate surface area is 104 Å². The van der Waals surface area contributed by atoms with Gasteiger partial charge in [-0.05, 0) is 17.7 Å². The van der Waals surface area contributed by atoms with E-state index in [1.54, 1.807) is 18.2 Å². The van der Waals surface area contributed by atoms with Gasteiger partial charge in [0.2, 0.25) is 0 Å². The lowest BCUT2D eigenvalue weighted by Gasteiger charge is -2.04. The van der Waals surface area contributed by atoms with Gasteiger partial charge in [0, 0.05) is 17.5 Å². The van der Waals surface area contributed by atoms with Crippen molar-refractivity contribution in [1.29, 1.82) is 0 Å². The minimum atomic E-state index is -0.153. The molecule has 0 spiro atoms. The van der Waals surface area contributed by atoms with Crippen LogP contribution in [0.3, 0.4) is 0 Å². The molecule has 4 nitrogen and oxygen atoms in total. The molecule has 1 amide bonds. The largest absolute Gasteiger partial charge is 0.364 e. The first-order valence-electron chi connectivity index (χ1n) is 5.12. The molecule has 1 heterocycles. The Morgan fingerprint density at radius 3 is 3.00 bits per heavy atom. The Kier molecular flexibility index (Phi) is 3.77. The summed E-state index contributed by atoms with van der Waals surface area (Å²) in [6.45, 7) is 0.348. The normalized spacial score (nSPS) is 10.2. The van der Waals surface area contributed by atoms with Gasteiger partial charge in [0.15, 0.2) is 0 Å². The van der Waals surface area contributed by atoms with Crippen molar-refractivity contribution in [2.45, 2.75) is 12.4 Å². The second kappa shape index (κ2) is 5.50. The summed E-state index contributed by atoms with van der Waals surface area (Å²) < 4.78 is 4.67. The first kappa shape index (κ1) is 11.7. The number of carbonyl (C=O) groups excluding carboxylic acids is 1. The van der Waals surface area contributed by atoms with Gasteiger partial charge in [0.25, 0.3) is 5.91 Å². The van der Waals surface area contributed by atoms with Crippen molar-refractivity contribution < 1.29 is 9.32 Å². The SMILES string of the molecule is O=C(NCc1ccon1)c1cccc(CCl)c1. The number of aromatic nitrogens is 1. The van der Waals surface area contributed by atoms with E-state index in [0.29, 0.717) is 23.7 Å². The molecule has 1 aromatic heterocycles. The predicted molar refractivity (Wildman–Crippen MR) is 63.7 cm³/mol. The Bertz CT molecular complexity index is 497. The highest BCUT2D eigenvalue weighted by molar-refractivity contribution is 6.17. The average molecular weight is 251 g/mol. The zero-order valence-electron chi connectivity index (χ0n) is 9.02. The fourth-order valence-corrected chi connectivity index (χ4v) is 1.56. The van der Waals surface area contributed by atoms with Gasteiger partial charge in [-0.3, -0.25) is 4.79 Å². The number of benzene rings is 1. The average Bonchev–Trinajstić information content (AvgIpc) is 2.89. The van der Waals surface area contributed by atoms with E-state index in [-0.39, 0.29) is 5.91 Å². The Hall–Kier alpha value is -1.81. The number of halogens is 1. The monoisotopic (exact) mass is 250 g/mol. The summed E-state index contributed by atoms with van der Waals surface area (Å²) in [6, 6.07) is 8.90. The second-order valence-electron chi connectivity index (χ2n) is 3.51. The van der Waals surface area contributed by atoms with Crippen LogP contribution in [0.15, 0.2) is 41.1 Å². The van der Waals surface area contributed by atoms with E-state index in [0.717, 1.165) is 5.56 Å². The molecule has 1 N–H and O–H groups in total. The second-order valence-corrected chi connectivity index (χ2v) is 3.77. The van der Waals surface area contributed by atoms with Gasteiger partial charge >= 0.3 is 0 Å². The molecule has 0 fully saturated rings. The summed E-state index contributed by atoms with van der Waals surface area (Å²) in [5.41, 5.74) is 2.19. The van der Waals surface area contributed by atoms with Crippen molar-refractivity contribution >= 4 is 17.5 Å². The number of hydrogen-bond acceptors (Lipinski definition) is 3. The van der Waals surface area contributed by atoms with Crippen molar-refractivity contribution in [2.24, 2.45) is 0 Å². The third-order valence-corrected chi connectivity index (χ3v) is 2.57. The van der Waals surface area contributed by atoms with E-state index in [1.807, 2.05) is 12.1 Å². The zero-order valence-corrected chi connectivity index (χ0v) is 9.78. The van der Waals surface area contributed by atoms with E-state index in [9.17, 15) is 4.79 Å². The number of nitrogens with one attached hydrogen (secondary N) is 1. The van der Waals surface area contributed by atoms with E-state index >= 15 is 0 Å². The van der Waals surface area contributed by atoms with Crippen LogP contribution in [0.5, 0.6) is 0 Å². The molecule has 0 radical (unpaired) electrons. The molecule has 2 aromatic rings. The molecular formula is C12H11ClN2O2. The van der Waals surface area contributed by atoms with Crippen LogP contribution in [-0.2, 0) is 12.4 Å². The van der Waals surface area contributed by atoms with Crippen molar-refractivity contribution in [3.8, 4) is 0 Å². The molecule has 17 heavy (non-hydrogen) atoms. The summed E-state index contributed by atoms with van der Waals surface area (Å²) in [5, 5.41) is 6.45. The third-order valence-electron chi connectivity index (χ3n) is 2.26. The number of carbonyl (C=O) groups is 1. The molecule has 0 aliphatic heterocycles. The highest BCUT2D eigenvalue weighted by Crippen LogP contribution is 2.08. The van der Waals surface area contributed by atoms with Crippen molar-refractivity contribution in [3.05, 3.63) is 53.4 Å². The van der Waals surface area contributed by atoms with E-state index in [2.05, 4.69) is 15.0 Å². The van der Waals surface area contributed by atoms with Gasteiger partial charge < -0.3 is 9.84 Å². The quantitative estimate of drug-likeness (QED) is 0.848. The first-order valence-corrected chi connectivity index (χ1v) is 5.65. The van der Waals surface area contributed by atoms with Gasteiger partial charge in [-0.1, -0.05) is 17.3 Å². The number of amides is 1. The maximum Gasteiger partial charge on any atom is 0.251 e. The molecule has 1 aromatic carbocycles. The van der Waals surface area contributed by atoms with E-state index < -0.39 is 0 Å². The van der Waals surface area contributed by atoms with Crippen LogP contribution in [0.25, 0.3) is 0 Å². The fraction of sp³-hybridized carbons (Fsp3) is 0.167. The summed E-state index contributed by atoms with van der Waals surface area (Å²) >= 11 is 5.71. The number of alkyl halides is 1. The summed E-state index contributed by atoms with van der Waals surface area (Å²) in [6.07, 6.45) is 1.47. The summed E-state index contributed by atoms with van der Waals surface area (Å²) in [5.74, 6) is 0.240. The maximum atomic E-state index is 11.8. The number of nitrogens with zero attached hydrogens (tertiary/aromatic N) is 1. The molecule has 2 rings (SSSR count). The van der Waals surface area contributed by atoms with Crippen LogP contribution in [0.4, 0.5) is 0 Å². The van der Waals surface area contributed by atoms with Crippen LogP contribution < -0.4 is 5.32 Å². The van der Waals surface area contributed by atoms with Gasteiger partial charge in [-0.2, -0.15) is 0 Å². The molecule has 0 saturated heterocycles. The fourth-order valence-electron chi connectivity index (χ4n) is 1.40. The third kappa shape index (κ3) is 3.07. The lowest BCUT2D eigenvalue weighted by atomic mass is 10.1. The van der Waals surface area contributed by atoms with Gasteiger partial charge in [-0.15, -0.1) is 11.6 Å². The minimum Gasteiger partial charge on any atom is -0.364 e. The van der Waals surface area contributed by atoms with Crippen LogP contribution in [0.2, 0.25) is 0 Å². The van der Waals surface area contributed by atoms with Crippen molar-refractivity contribution in [3.63, 3.8) is 0 Å².